The van der Waals surface area contributed by atoms with Crippen molar-refractivity contribution in [3.63, 3.8) is 0 Å². The van der Waals surface area contributed by atoms with Crippen molar-refractivity contribution < 1.29 is 14.4 Å². The molecule has 1 aliphatic heterocycles. The summed E-state index contributed by atoms with van der Waals surface area (Å²) in [4.78, 5) is 13.4. The number of carboxylic acid groups (broad SMARTS) is 1. The number of carbonyl (C=O) groups is 1. The van der Waals surface area contributed by atoms with Crippen LogP contribution in [0.25, 0.3) is 17.3 Å². The number of anilines is 1. The molecule has 1 N–H and O–H groups in total. The van der Waals surface area contributed by atoms with Crippen LogP contribution >= 0.6 is 23.2 Å². The molecule has 34 heavy (non-hydrogen) atoms. The van der Waals surface area contributed by atoms with Gasteiger partial charge in [0, 0.05) is 41.2 Å². The van der Waals surface area contributed by atoms with E-state index < -0.39 is 5.97 Å². The molecule has 6 rings (SSSR count). The van der Waals surface area contributed by atoms with Crippen molar-refractivity contribution in [3.8, 4) is 11.3 Å². The first-order chi connectivity index (χ1) is 16.4. The molecule has 1 aromatic heterocycles. The van der Waals surface area contributed by atoms with Crippen molar-refractivity contribution in [2.45, 2.75) is 31.6 Å². The lowest BCUT2D eigenvalue weighted by Gasteiger charge is -2.59. The molecule has 0 radical (unpaired) electrons. The van der Waals surface area contributed by atoms with E-state index in [-0.39, 0.29) is 0 Å². The van der Waals surface area contributed by atoms with Crippen molar-refractivity contribution in [2.75, 3.05) is 18.0 Å². The molecule has 0 bridgehead atoms. The minimum atomic E-state index is -0.891. The standard InChI is InChI=1S/C27H24Cl2N2O3/c28-21-2-1-3-22(29)23(21)24-20(25(34-30-24)17-5-6-17)11-4-16-12-27(13-16)14-31(15-27)19-9-7-18(8-10-19)26(32)33/h1-4,7-11,16-17H,5-6,12-15H2,(H,32,33). The van der Waals surface area contributed by atoms with Gasteiger partial charge < -0.3 is 14.5 Å². The van der Waals surface area contributed by atoms with Crippen LogP contribution in [0.2, 0.25) is 10.0 Å². The van der Waals surface area contributed by atoms with Crippen molar-refractivity contribution in [3.05, 3.63) is 75.5 Å². The van der Waals surface area contributed by atoms with Crippen LogP contribution in [0, 0.1) is 11.3 Å². The van der Waals surface area contributed by atoms with Gasteiger partial charge in [-0.1, -0.05) is 46.6 Å². The number of nitrogens with zero attached hydrogens (tertiary/aromatic N) is 2. The number of rotatable bonds is 6. The van der Waals surface area contributed by atoms with Gasteiger partial charge in [0.05, 0.1) is 15.6 Å². The average molecular weight is 495 g/mol. The lowest BCUT2D eigenvalue weighted by molar-refractivity contribution is 0.0485. The van der Waals surface area contributed by atoms with E-state index in [1.165, 1.54) is 0 Å². The van der Waals surface area contributed by atoms with Gasteiger partial charge in [0.15, 0.2) is 0 Å². The molecule has 7 heteroatoms. The Balaban J connectivity index is 1.14. The molecule has 3 aliphatic rings. The fourth-order valence-electron chi connectivity index (χ4n) is 5.46. The van der Waals surface area contributed by atoms with Crippen molar-refractivity contribution in [2.24, 2.45) is 11.3 Å². The van der Waals surface area contributed by atoms with Crippen LogP contribution in [0.4, 0.5) is 5.69 Å². The first kappa shape index (κ1) is 21.8. The highest BCUT2D eigenvalue weighted by molar-refractivity contribution is 6.39. The topological polar surface area (TPSA) is 66.6 Å². The van der Waals surface area contributed by atoms with Crippen molar-refractivity contribution in [1.29, 1.82) is 0 Å². The summed E-state index contributed by atoms with van der Waals surface area (Å²) in [7, 11) is 0. The molecule has 2 aromatic carbocycles. The minimum Gasteiger partial charge on any atom is -0.478 e. The number of aromatic carboxylic acids is 1. The molecule has 5 nitrogen and oxygen atoms in total. The van der Waals surface area contributed by atoms with E-state index in [4.69, 9.17) is 32.8 Å². The van der Waals surface area contributed by atoms with E-state index >= 15 is 0 Å². The molecule has 3 fully saturated rings. The minimum absolute atomic E-state index is 0.324. The van der Waals surface area contributed by atoms with Gasteiger partial charge in [0.25, 0.3) is 0 Å². The summed E-state index contributed by atoms with van der Waals surface area (Å²) in [6.07, 6.45) is 9.02. The molecule has 1 spiro atoms. The zero-order valence-electron chi connectivity index (χ0n) is 18.5. The van der Waals surface area contributed by atoms with Gasteiger partial charge in [-0.25, -0.2) is 4.79 Å². The Morgan fingerprint density at radius 1 is 1.09 bits per heavy atom. The Morgan fingerprint density at radius 3 is 2.38 bits per heavy atom. The number of allylic oxidation sites excluding steroid dienone is 1. The molecule has 0 unspecified atom stereocenters. The Hall–Kier alpha value is -2.76. The van der Waals surface area contributed by atoms with Gasteiger partial charge in [-0.15, -0.1) is 0 Å². The van der Waals surface area contributed by atoms with Gasteiger partial charge >= 0.3 is 5.97 Å². The zero-order chi connectivity index (χ0) is 23.4. The summed E-state index contributed by atoms with van der Waals surface area (Å²) in [6, 6.07) is 12.6. The molecular formula is C27H24Cl2N2O3. The van der Waals surface area contributed by atoms with E-state index in [9.17, 15) is 4.79 Å². The number of benzene rings is 2. The molecule has 174 valence electrons. The van der Waals surface area contributed by atoms with Crippen LogP contribution in [0.1, 0.15) is 53.3 Å². The Morgan fingerprint density at radius 2 is 1.76 bits per heavy atom. The van der Waals surface area contributed by atoms with E-state index in [0.29, 0.717) is 32.9 Å². The van der Waals surface area contributed by atoms with Crippen molar-refractivity contribution >= 4 is 40.9 Å². The van der Waals surface area contributed by atoms with E-state index in [1.807, 2.05) is 30.3 Å². The number of aromatic nitrogens is 1. The molecule has 2 aliphatic carbocycles. The second-order valence-electron chi connectivity index (χ2n) is 9.92. The van der Waals surface area contributed by atoms with Gasteiger partial charge in [0.1, 0.15) is 11.5 Å². The summed E-state index contributed by atoms with van der Waals surface area (Å²) in [6.45, 7) is 2.04. The second kappa shape index (κ2) is 8.17. The van der Waals surface area contributed by atoms with Crippen LogP contribution in [-0.2, 0) is 0 Å². The lowest BCUT2D eigenvalue weighted by atomic mass is 9.57. The summed E-state index contributed by atoms with van der Waals surface area (Å²) in [5.74, 6) is 1.00. The molecule has 1 saturated heterocycles. The van der Waals surface area contributed by atoms with Crippen LogP contribution < -0.4 is 4.90 Å². The van der Waals surface area contributed by atoms with Crippen LogP contribution in [0.3, 0.4) is 0 Å². The first-order valence-electron chi connectivity index (χ1n) is 11.6. The largest absolute Gasteiger partial charge is 0.478 e. The Bertz CT molecular complexity index is 1260. The summed E-state index contributed by atoms with van der Waals surface area (Å²) >= 11 is 12.9. The fourth-order valence-corrected chi connectivity index (χ4v) is 6.03. The quantitative estimate of drug-likeness (QED) is 0.393. The Labute approximate surface area is 208 Å². The van der Waals surface area contributed by atoms with Crippen LogP contribution in [0.15, 0.2) is 53.1 Å². The molecular weight excluding hydrogens is 471 g/mol. The third-order valence-electron chi connectivity index (χ3n) is 7.36. The average Bonchev–Trinajstić information content (AvgIpc) is 3.52. The summed E-state index contributed by atoms with van der Waals surface area (Å²) in [5, 5.41) is 14.6. The molecule has 3 aromatic rings. The summed E-state index contributed by atoms with van der Waals surface area (Å²) < 4.78 is 5.77. The number of hydrogen-bond donors (Lipinski definition) is 1. The molecule has 0 amide bonds. The smallest absolute Gasteiger partial charge is 0.335 e. The van der Waals surface area contributed by atoms with E-state index in [2.05, 4.69) is 22.2 Å². The molecule has 0 atom stereocenters. The lowest BCUT2D eigenvalue weighted by Crippen LogP contribution is -2.62. The monoisotopic (exact) mass is 494 g/mol. The molecule has 2 saturated carbocycles. The van der Waals surface area contributed by atoms with Crippen molar-refractivity contribution in [1.82, 2.24) is 5.16 Å². The molecule has 2 heterocycles. The normalized spacial score (nSPS) is 19.4. The number of hydrogen-bond acceptors (Lipinski definition) is 4. The maximum absolute atomic E-state index is 11.1. The van der Waals surface area contributed by atoms with E-state index in [0.717, 1.165) is 67.0 Å². The number of carboxylic acids is 1. The Kier molecular flexibility index (Phi) is 5.23. The fraction of sp³-hybridized carbons (Fsp3) is 0.333. The van der Waals surface area contributed by atoms with Gasteiger partial charge in [-0.2, -0.15) is 0 Å². The highest BCUT2D eigenvalue weighted by atomic mass is 35.5. The highest BCUT2D eigenvalue weighted by Gasteiger charge is 2.51. The van der Waals surface area contributed by atoms with Crippen LogP contribution in [0.5, 0.6) is 0 Å². The highest BCUT2D eigenvalue weighted by Crippen LogP contribution is 2.54. The van der Waals surface area contributed by atoms with E-state index in [1.54, 1.807) is 12.1 Å². The maximum atomic E-state index is 11.1. The number of halogens is 2. The SMILES string of the molecule is O=C(O)c1ccc(N2CC3(CC(C=Cc4c(-c5c(Cl)cccc5Cl)noc4C4CC4)C3)C2)cc1. The third-order valence-corrected chi connectivity index (χ3v) is 7.99. The first-order valence-corrected chi connectivity index (χ1v) is 12.4. The predicted octanol–water partition coefficient (Wildman–Crippen LogP) is 7.15. The second-order valence-corrected chi connectivity index (χ2v) is 10.7. The van der Waals surface area contributed by atoms with Crippen LogP contribution in [-0.4, -0.2) is 29.3 Å². The summed E-state index contributed by atoms with van der Waals surface area (Å²) in [5.41, 5.74) is 4.24. The van der Waals surface area contributed by atoms with Gasteiger partial charge in [-0.3, -0.25) is 0 Å². The van der Waals surface area contributed by atoms with Gasteiger partial charge in [-0.05, 0) is 68.0 Å². The predicted molar refractivity (Wildman–Crippen MR) is 134 cm³/mol. The maximum Gasteiger partial charge on any atom is 0.335 e. The zero-order valence-corrected chi connectivity index (χ0v) is 20.0. The third kappa shape index (κ3) is 3.81. The van der Waals surface area contributed by atoms with Gasteiger partial charge in [0.2, 0.25) is 0 Å².